The molecule has 4 atom stereocenters. The molecule has 0 aromatic heterocycles. The molecule has 12 nitrogen and oxygen atoms in total. The minimum Gasteiger partial charge on any atom is -0.479 e. The average molecular weight is 565 g/mol. The fourth-order valence-corrected chi connectivity index (χ4v) is 3.76. The maximum Gasteiger partial charge on any atom is 0.335 e. The van der Waals surface area contributed by atoms with Crippen molar-refractivity contribution in [3.63, 3.8) is 0 Å². The summed E-state index contributed by atoms with van der Waals surface area (Å²) in [7, 11) is 0. The summed E-state index contributed by atoms with van der Waals surface area (Å²) < 4.78 is 0. The van der Waals surface area contributed by atoms with Gasteiger partial charge < -0.3 is 47.0 Å². The highest BCUT2D eigenvalue weighted by molar-refractivity contribution is 5.75. The van der Waals surface area contributed by atoms with Gasteiger partial charge in [-0.15, -0.1) is 0 Å². The third-order valence-electron chi connectivity index (χ3n) is 6.26. The summed E-state index contributed by atoms with van der Waals surface area (Å²) in [6.07, 6.45) is 12.0. The molecule has 0 rings (SSSR count). The quantitative estimate of drug-likeness (QED) is 0.0459. The number of hydrogen-bond acceptors (Lipinski definition) is 8. The SMILES string of the molecule is CCCCCCCCCCCCCCCC(=O)NCCCCNC(=N)N.O=C(O)[C@H](O)[C@@H](O)[C@H](O)[C@H](O)CO. The van der Waals surface area contributed by atoms with Gasteiger partial charge in [-0.3, -0.25) is 10.2 Å². The van der Waals surface area contributed by atoms with Crippen LogP contribution in [0.15, 0.2) is 0 Å². The van der Waals surface area contributed by atoms with Gasteiger partial charge in [0.1, 0.15) is 18.3 Å². The van der Waals surface area contributed by atoms with E-state index in [1.165, 1.54) is 77.0 Å². The average Bonchev–Trinajstić information content (AvgIpc) is 2.91. The van der Waals surface area contributed by atoms with Crippen molar-refractivity contribution in [2.75, 3.05) is 19.7 Å². The van der Waals surface area contributed by atoms with Crippen molar-refractivity contribution in [2.45, 2.75) is 134 Å². The van der Waals surface area contributed by atoms with Crippen LogP contribution in [0, 0.1) is 5.41 Å². The predicted octanol–water partition coefficient (Wildman–Crippen LogP) is 1.35. The standard InChI is InChI=1S/C21H44N4O.C6H12O7/c1-2-3-4-5-6-7-8-9-10-11-12-13-14-17-20(26)24-18-15-16-19-25-21(22)23;7-1-2(8)3(9)4(10)5(11)6(12)13/h2-19H2,1H3,(H,24,26)(H4,22,23,25);2-5,7-11H,1H2,(H,12,13)/t;2-,3-,4+,5-/m.1/s1. The van der Waals surface area contributed by atoms with Gasteiger partial charge in [0.25, 0.3) is 0 Å². The highest BCUT2D eigenvalue weighted by atomic mass is 16.4. The maximum atomic E-state index is 11.7. The van der Waals surface area contributed by atoms with Crippen LogP contribution in [0.3, 0.4) is 0 Å². The Kier molecular flexibility index (Phi) is 27.7. The molecular weight excluding hydrogens is 508 g/mol. The molecule has 0 unspecified atom stereocenters. The van der Waals surface area contributed by atoms with Crippen molar-refractivity contribution in [1.82, 2.24) is 10.6 Å². The Labute approximate surface area is 233 Å². The smallest absolute Gasteiger partial charge is 0.335 e. The number of carboxylic acids is 1. The molecule has 1 amide bonds. The first-order chi connectivity index (χ1) is 18.6. The van der Waals surface area contributed by atoms with Crippen molar-refractivity contribution < 1.29 is 40.2 Å². The van der Waals surface area contributed by atoms with E-state index in [1.807, 2.05) is 0 Å². The Morgan fingerprint density at radius 2 is 1.15 bits per heavy atom. The maximum absolute atomic E-state index is 11.7. The first-order valence-corrected chi connectivity index (χ1v) is 14.5. The number of nitrogens with two attached hydrogens (primary N) is 1. The van der Waals surface area contributed by atoms with Gasteiger partial charge in [0, 0.05) is 19.5 Å². The molecule has 0 aromatic rings. The molecule has 39 heavy (non-hydrogen) atoms. The molecule has 12 heteroatoms. The molecule has 0 aromatic carbocycles. The molecule has 0 heterocycles. The summed E-state index contributed by atoms with van der Waals surface area (Å²) in [5.41, 5.74) is 5.20. The van der Waals surface area contributed by atoms with Crippen LogP contribution in [0.25, 0.3) is 0 Å². The molecule has 0 bridgehead atoms. The molecule has 232 valence electrons. The van der Waals surface area contributed by atoms with Crippen molar-refractivity contribution in [3.8, 4) is 0 Å². The summed E-state index contributed by atoms with van der Waals surface area (Å²) in [4.78, 5) is 21.8. The predicted molar refractivity (Wildman–Crippen MR) is 151 cm³/mol. The number of guanidine groups is 1. The first-order valence-electron chi connectivity index (χ1n) is 14.5. The van der Waals surface area contributed by atoms with Gasteiger partial charge in [-0.25, -0.2) is 4.79 Å². The van der Waals surface area contributed by atoms with Crippen LogP contribution in [0.4, 0.5) is 0 Å². The Morgan fingerprint density at radius 3 is 1.56 bits per heavy atom. The fourth-order valence-electron chi connectivity index (χ4n) is 3.76. The van der Waals surface area contributed by atoms with E-state index in [1.54, 1.807) is 0 Å². The molecule has 0 aliphatic rings. The zero-order chi connectivity index (χ0) is 29.9. The molecule has 0 saturated heterocycles. The van der Waals surface area contributed by atoms with Crippen molar-refractivity contribution >= 4 is 17.8 Å². The van der Waals surface area contributed by atoms with Gasteiger partial charge in [-0.1, -0.05) is 84.0 Å². The number of amides is 1. The zero-order valence-corrected chi connectivity index (χ0v) is 23.8. The molecule has 11 N–H and O–H groups in total. The van der Waals surface area contributed by atoms with E-state index in [4.69, 9.17) is 41.8 Å². The lowest BCUT2D eigenvalue weighted by atomic mass is 10.0. The Bertz CT molecular complexity index is 612. The van der Waals surface area contributed by atoms with E-state index < -0.39 is 37.0 Å². The number of aliphatic hydroxyl groups excluding tert-OH is 5. The van der Waals surface area contributed by atoms with Crippen LogP contribution in [0.1, 0.15) is 110 Å². The van der Waals surface area contributed by atoms with Gasteiger partial charge in [0.05, 0.1) is 6.61 Å². The Hall–Kier alpha value is -1.99. The van der Waals surface area contributed by atoms with Crippen LogP contribution in [0.2, 0.25) is 0 Å². The van der Waals surface area contributed by atoms with Crippen molar-refractivity contribution in [3.05, 3.63) is 0 Å². The normalized spacial score (nSPS) is 13.9. The molecule has 0 aliphatic heterocycles. The van der Waals surface area contributed by atoms with Gasteiger partial charge in [0.15, 0.2) is 12.1 Å². The minimum absolute atomic E-state index is 0.0106. The second kappa shape index (κ2) is 27.6. The number of carbonyl (C=O) groups excluding carboxylic acids is 1. The van der Waals surface area contributed by atoms with E-state index in [2.05, 4.69) is 17.6 Å². The highest BCUT2D eigenvalue weighted by Crippen LogP contribution is 2.13. The number of aliphatic carboxylic acids is 1. The number of carboxylic acid groups (broad SMARTS) is 1. The molecule has 0 spiro atoms. The van der Waals surface area contributed by atoms with E-state index in [-0.39, 0.29) is 11.9 Å². The number of nitrogens with one attached hydrogen (secondary N) is 3. The molecule has 0 radical (unpaired) electrons. The number of unbranched alkanes of at least 4 members (excludes halogenated alkanes) is 13. The van der Waals surface area contributed by atoms with Crippen LogP contribution in [0.5, 0.6) is 0 Å². The highest BCUT2D eigenvalue weighted by Gasteiger charge is 2.33. The van der Waals surface area contributed by atoms with Gasteiger partial charge >= 0.3 is 5.97 Å². The lowest BCUT2D eigenvalue weighted by Crippen LogP contribution is -2.48. The van der Waals surface area contributed by atoms with Crippen LogP contribution < -0.4 is 16.4 Å². The zero-order valence-electron chi connectivity index (χ0n) is 23.8. The fraction of sp³-hybridized carbons (Fsp3) is 0.889. The number of carbonyl (C=O) groups is 2. The second-order valence-corrected chi connectivity index (χ2v) is 9.90. The van der Waals surface area contributed by atoms with Crippen molar-refractivity contribution in [2.24, 2.45) is 5.73 Å². The van der Waals surface area contributed by atoms with Crippen LogP contribution >= 0.6 is 0 Å². The largest absolute Gasteiger partial charge is 0.479 e. The van der Waals surface area contributed by atoms with E-state index >= 15 is 0 Å². The number of hydrogen-bond donors (Lipinski definition) is 10. The van der Waals surface area contributed by atoms with E-state index in [9.17, 15) is 9.59 Å². The lowest BCUT2D eigenvalue weighted by Gasteiger charge is -2.23. The molecule has 0 fully saturated rings. The lowest BCUT2D eigenvalue weighted by molar-refractivity contribution is -0.164. The van der Waals surface area contributed by atoms with Gasteiger partial charge in [-0.2, -0.15) is 0 Å². The van der Waals surface area contributed by atoms with E-state index in [0.29, 0.717) is 13.0 Å². The summed E-state index contributed by atoms with van der Waals surface area (Å²) in [6, 6.07) is 0. The number of rotatable bonds is 24. The topological polar surface area (TPSA) is 229 Å². The summed E-state index contributed by atoms with van der Waals surface area (Å²) >= 11 is 0. The third-order valence-corrected chi connectivity index (χ3v) is 6.26. The van der Waals surface area contributed by atoms with Crippen LogP contribution in [-0.4, -0.2) is 92.6 Å². The Balaban J connectivity index is 0. The molecule has 0 aliphatic carbocycles. The van der Waals surface area contributed by atoms with Crippen LogP contribution in [-0.2, 0) is 9.59 Å². The molecular formula is C27H56N4O8. The summed E-state index contributed by atoms with van der Waals surface area (Å²) in [5.74, 6) is -1.54. The van der Waals surface area contributed by atoms with Gasteiger partial charge in [0.2, 0.25) is 5.91 Å². The van der Waals surface area contributed by atoms with E-state index in [0.717, 1.165) is 25.8 Å². The molecule has 0 saturated carbocycles. The summed E-state index contributed by atoms with van der Waals surface area (Å²) in [5, 5.41) is 64.6. The van der Waals surface area contributed by atoms with Gasteiger partial charge in [-0.05, 0) is 19.3 Å². The third kappa shape index (κ3) is 26.0. The van der Waals surface area contributed by atoms with Crippen molar-refractivity contribution in [1.29, 1.82) is 5.41 Å². The Morgan fingerprint density at radius 1 is 0.718 bits per heavy atom. The monoisotopic (exact) mass is 564 g/mol. The first kappa shape index (κ1) is 39.2. The number of aliphatic hydroxyl groups is 5. The second-order valence-electron chi connectivity index (χ2n) is 9.90. The summed E-state index contributed by atoms with van der Waals surface area (Å²) in [6.45, 7) is 2.84. The minimum atomic E-state index is -2.20.